The number of hydrogen-bond donors (Lipinski definition) is 13. The molecule has 17 aromatic rings. The van der Waals surface area contributed by atoms with Crippen molar-refractivity contribution in [2.75, 3.05) is 143 Å². The minimum Gasteiger partial charge on any atom is -0.496 e. The second-order valence-electron chi connectivity index (χ2n) is 33.3. The molecule has 1 saturated carbocycles. The van der Waals surface area contributed by atoms with Crippen molar-refractivity contribution in [1.29, 1.82) is 0 Å². The van der Waals surface area contributed by atoms with Crippen molar-refractivity contribution in [1.82, 2.24) is 110 Å². The quantitative estimate of drug-likeness (QED) is 0.0239. The highest BCUT2D eigenvalue weighted by Crippen LogP contribution is 2.40. The largest absolute Gasteiger partial charge is 0.496 e. The maximum absolute atomic E-state index is 13.4. The third-order valence-corrected chi connectivity index (χ3v) is 27.3. The number of anilines is 4. The number of aromatic nitrogens is 18. The zero-order valence-electron chi connectivity index (χ0n) is 77.0. The molecule has 44 heteroatoms. The lowest BCUT2D eigenvalue weighted by Gasteiger charge is -2.31. The van der Waals surface area contributed by atoms with Crippen LogP contribution in [0.15, 0.2) is 202 Å². The molecule has 3 aliphatic heterocycles. The van der Waals surface area contributed by atoms with Gasteiger partial charge in [-0.05, 0) is 123 Å². The first-order valence-electron chi connectivity index (χ1n) is 44.9. The molecule has 4 amide bonds. The number of halogens is 1. The molecule has 10 aromatic heterocycles. The Morgan fingerprint density at radius 3 is 1.43 bits per heavy atom. The van der Waals surface area contributed by atoms with Crippen molar-refractivity contribution in [2.45, 2.75) is 59.6 Å². The average Bonchev–Trinajstić information content (AvgIpc) is 1.47. The third-order valence-electron chi connectivity index (χ3n) is 24.1. The number of hydrogen-bond acceptors (Lipinski definition) is 29. The zero-order chi connectivity index (χ0) is 96.9. The molecule has 4 aliphatic rings. The van der Waals surface area contributed by atoms with Gasteiger partial charge >= 0.3 is 0 Å². The van der Waals surface area contributed by atoms with Gasteiger partial charge in [-0.2, -0.15) is 24.7 Å². The molecule has 14 N–H and O–H groups in total. The van der Waals surface area contributed by atoms with E-state index in [-0.39, 0.29) is 45.7 Å². The number of nitrogens with one attached hydrogen (secondary N) is 12. The number of piperazine rings is 1. The summed E-state index contributed by atoms with van der Waals surface area (Å²) in [6.45, 7) is 10.5. The van der Waals surface area contributed by atoms with Crippen molar-refractivity contribution in [2.24, 2.45) is 11.7 Å². The van der Waals surface area contributed by atoms with Crippen molar-refractivity contribution >= 4 is 124 Å². The number of pyridine rings is 1. The second-order valence-corrected chi connectivity index (χ2v) is 36.7. The van der Waals surface area contributed by atoms with E-state index in [0.717, 1.165) is 135 Å². The molecule has 0 unspecified atom stereocenters. The van der Waals surface area contributed by atoms with Gasteiger partial charge in [0.2, 0.25) is 21.7 Å². The summed E-state index contributed by atoms with van der Waals surface area (Å²) in [5.41, 5.74) is 20.8. The summed E-state index contributed by atoms with van der Waals surface area (Å²) in [6, 6.07) is 46.0. The van der Waals surface area contributed by atoms with E-state index in [1.165, 1.54) is 58.7 Å². The monoisotopic (exact) mass is 1950 g/mol. The molecule has 7 aromatic carbocycles. The van der Waals surface area contributed by atoms with E-state index in [1.807, 2.05) is 79.8 Å². The van der Waals surface area contributed by atoms with E-state index >= 15 is 0 Å². The van der Waals surface area contributed by atoms with Gasteiger partial charge in [0.15, 0.2) is 46.3 Å². The lowest BCUT2D eigenvalue weighted by Crippen LogP contribution is -2.47. The first-order chi connectivity index (χ1) is 68.2. The van der Waals surface area contributed by atoms with Crippen LogP contribution in [0.25, 0.3) is 101 Å². The molecular weight excluding hydrogens is 1850 g/mol. The van der Waals surface area contributed by atoms with Crippen molar-refractivity contribution in [3.63, 3.8) is 0 Å². The van der Waals surface area contributed by atoms with Crippen LogP contribution in [-0.4, -0.2) is 269 Å². The van der Waals surface area contributed by atoms with Crippen molar-refractivity contribution in [3.8, 4) is 86.1 Å². The Bertz CT molecular complexity index is 7290. The molecule has 1 aliphatic carbocycles. The first kappa shape index (κ1) is 95.1. The van der Waals surface area contributed by atoms with E-state index in [2.05, 4.69) is 146 Å². The van der Waals surface area contributed by atoms with Crippen LogP contribution in [0.1, 0.15) is 68.1 Å². The van der Waals surface area contributed by atoms with Crippen LogP contribution in [0.2, 0.25) is 5.02 Å². The number of nitrogens with two attached hydrogens (primary N) is 1. The summed E-state index contributed by atoms with van der Waals surface area (Å²) < 4.78 is 70.9. The SMILES string of the molecule is COc1cc2nc(-c3[nH]ncc3NC(=O)C3CCC(N)CC3)[nH]c2cc1OC.COc1cc2nc(-c3[nH]ncc3NC(=O)c3cc(S(=O)(=O)N4CCN(C)CC4)ccc3OC)[nH]c2cc1OC.O=C(Nc1cn[nH]c1-c1nc2ccc(CN3CCOCC3)cc2[nH]1)c1cc(-c2ccccc2)no1.O=C(Nc1cn[nH]c1-c1nc2ccc(CN3CCOCC3)cc2[nH]1)c1cccnc1Sc1ccc(Cl)cc1. The summed E-state index contributed by atoms with van der Waals surface area (Å²) in [6.07, 6.45) is 11.2. The lowest BCUT2D eigenvalue weighted by atomic mass is 9.86. The van der Waals surface area contributed by atoms with E-state index in [9.17, 15) is 27.6 Å². The number of likely N-dealkylation sites (N-methyl/N-ethyl adjacent to an activating group) is 1. The summed E-state index contributed by atoms with van der Waals surface area (Å²) in [5.74, 6) is 3.48. The number of nitrogens with zero attached hydrogens (tertiary/aromatic N) is 14. The number of ether oxygens (including phenoxy) is 7. The van der Waals surface area contributed by atoms with Gasteiger partial charge in [-0.15, -0.1) is 0 Å². The van der Waals surface area contributed by atoms with E-state index in [4.69, 9.17) is 60.0 Å². The first-order valence-corrected chi connectivity index (χ1v) is 47.6. The molecule has 140 heavy (non-hydrogen) atoms. The van der Waals surface area contributed by atoms with Crippen molar-refractivity contribution in [3.05, 3.63) is 216 Å². The van der Waals surface area contributed by atoms with Crippen LogP contribution in [0, 0.1) is 5.92 Å². The van der Waals surface area contributed by atoms with Gasteiger partial charge in [0.25, 0.3) is 17.7 Å². The Labute approximate surface area is 809 Å². The summed E-state index contributed by atoms with van der Waals surface area (Å²) in [4.78, 5) is 96.1. The molecule has 4 fully saturated rings. The van der Waals surface area contributed by atoms with Crippen LogP contribution in [-0.2, 0) is 37.4 Å². The number of benzene rings is 7. The maximum Gasteiger partial charge on any atom is 0.294 e. The minimum absolute atomic E-state index is 0.00556. The second kappa shape index (κ2) is 43.2. The molecule has 0 radical (unpaired) electrons. The highest BCUT2D eigenvalue weighted by atomic mass is 35.5. The predicted octanol–water partition coefficient (Wildman–Crippen LogP) is 13.5. The number of amides is 4. The molecular formula is C96H100ClN27O14S2. The number of sulfonamides is 1. The molecule has 0 atom stereocenters. The number of methoxy groups -OCH3 is 5. The highest BCUT2D eigenvalue weighted by Gasteiger charge is 2.32. The summed E-state index contributed by atoms with van der Waals surface area (Å²) >= 11 is 7.40. The number of fused-ring (bicyclic) bond motifs is 4. The standard InChI is InChI=1S/C27H24ClN7O2S.C25H29N7O6S.C25H23N7O3.C19H24N6O3/c28-18-4-6-19(7-5-18)38-27-20(2-1-9-29-27)26(36)33-23-15-30-34-24(23)25-31-21-8-3-17(14-22(21)32-25)16-35-10-12-37-13-11-35;1-31-7-9-32(10-8-31)39(34,35)15-5-6-20(36-2)16(11-15)25(33)29-19-14-26-30-23(19)24-27-17-12-21(37-3)22(38-4)13-18(17)28-24;33-25(22-13-19(31-35-22)17-4-2-1-3-5-17)29-21-14-26-30-23(21)24-27-18-7-6-16(12-20(18)28-24)15-32-8-10-34-11-9-32;1-27-15-7-12-13(8-16(15)28-2)23-18(22-12)17-14(9-21-25-17)24-19(26)10-3-5-11(20)6-4-10/h1-9,14-15H,10-13,16H2,(H,30,34)(H,31,32)(H,33,36);5-6,11-14H,7-10H2,1-4H3,(H,26,30)(H,27,28)(H,29,33);1-7,12-14H,8-11,15H2,(H,26,30)(H,27,28)(H,29,33);7-11H,3-6,20H2,1-2H3,(H,21,25)(H,22,23)(H,24,26). The fourth-order valence-electron chi connectivity index (χ4n) is 16.5. The Morgan fingerprint density at radius 1 is 0.479 bits per heavy atom. The molecule has 722 valence electrons. The molecule has 41 nitrogen and oxygen atoms in total. The number of carbonyl (C=O) groups is 4. The maximum atomic E-state index is 13.4. The lowest BCUT2D eigenvalue weighted by molar-refractivity contribution is -0.120. The van der Waals surface area contributed by atoms with Gasteiger partial charge in [-0.1, -0.05) is 71.0 Å². The Balaban J connectivity index is 0.000000124. The van der Waals surface area contributed by atoms with Gasteiger partial charge < -0.3 is 89.5 Å². The van der Waals surface area contributed by atoms with E-state index < -0.39 is 21.8 Å². The molecule has 0 bridgehead atoms. The van der Waals surface area contributed by atoms with E-state index in [0.29, 0.717) is 150 Å². The molecule has 3 saturated heterocycles. The fourth-order valence-corrected chi connectivity index (χ4v) is 19.0. The average molecular weight is 1960 g/mol. The molecule has 21 rings (SSSR count). The third kappa shape index (κ3) is 22.0. The van der Waals surface area contributed by atoms with Gasteiger partial charge in [0.05, 0.1) is 170 Å². The van der Waals surface area contributed by atoms with Crippen molar-refractivity contribution < 1.29 is 65.3 Å². The van der Waals surface area contributed by atoms with Gasteiger partial charge in [-0.25, -0.2) is 33.3 Å². The Hall–Kier alpha value is -15.2. The smallest absolute Gasteiger partial charge is 0.294 e. The topological polar surface area (TPSA) is 522 Å². The fraction of sp³-hybridized carbons (Fsp3) is 0.271. The number of H-pyrrole nitrogens is 8. The number of carbonyl (C=O) groups excluding carboxylic acids is 4. The van der Waals surface area contributed by atoms with Crippen LogP contribution in [0.3, 0.4) is 0 Å². The summed E-state index contributed by atoms with van der Waals surface area (Å²) in [5, 5.41) is 44.9. The Kier molecular flexibility index (Phi) is 29.4. The van der Waals surface area contributed by atoms with Gasteiger partial charge in [0, 0.05) is 129 Å². The van der Waals surface area contributed by atoms with Crippen LogP contribution in [0.5, 0.6) is 28.7 Å². The number of morpholine rings is 2. The predicted molar refractivity (Wildman–Crippen MR) is 527 cm³/mol. The molecule has 0 spiro atoms. The highest BCUT2D eigenvalue weighted by molar-refractivity contribution is 7.99. The van der Waals surface area contributed by atoms with Crippen LogP contribution in [0.4, 0.5) is 22.7 Å². The minimum atomic E-state index is -3.79. The molecule has 13 heterocycles. The number of rotatable bonds is 26. The van der Waals surface area contributed by atoms with Crippen LogP contribution < -0.4 is 50.7 Å². The Morgan fingerprint density at radius 2 is 0.936 bits per heavy atom. The summed E-state index contributed by atoms with van der Waals surface area (Å²) in [7, 11) is 5.83. The van der Waals surface area contributed by atoms with Gasteiger partial charge in [0.1, 0.15) is 39.2 Å². The normalized spacial score (nSPS) is 15.5. The van der Waals surface area contributed by atoms with E-state index in [1.54, 1.807) is 89.6 Å². The number of imidazole rings is 4. The zero-order valence-corrected chi connectivity index (χ0v) is 79.3. The number of aromatic amines is 8. The van der Waals surface area contributed by atoms with Crippen LogP contribution >= 0.6 is 23.4 Å². The van der Waals surface area contributed by atoms with Gasteiger partial charge in [-0.3, -0.25) is 49.4 Å².